The van der Waals surface area contributed by atoms with Gasteiger partial charge in [-0.1, -0.05) is 0 Å². The minimum Gasteiger partial charge on any atom is -0.369 e. The Hall–Kier alpha value is -0.690. The van der Waals surface area contributed by atoms with Gasteiger partial charge in [0.2, 0.25) is 5.91 Å². The molecule has 5 rings (SSSR count). The maximum absolute atomic E-state index is 11.3. The van der Waals surface area contributed by atoms with Gasteiger partial charge < -0.3 is 5.73 Å². The van der Waals surface area contributed by atoms with Crippen LogP contribution in [0.2, 0.25) is 0 Å². The van der Waals surface area contributed by atoms with E-state index < -0.39 is 0 Å². The first-order valence-electron chi connectivity index (χ1n) is 7.36. The summed E-state index contributed by atoms with van der Waals surface area (Å²) >= 11 is 0. The Morgan fingerprint density at radius 3 is 1.84 bits per heavy atom. The molecule has 0 aliphatic carbocycles. The van der Waals surface area contributed by atoms with Gasteiger partial charge in [-0.25, -0.2) is 0 Å². The Morgan fingerprint density at radius 2 is 1.42 bits per heavy atom. The molecule has 106 valence electrons. The van der Waals surface area contributed by atoms with Crippen molar-refractivity contribution in [1.82, 2.24) is 19.6 Å². The van der Waals surface area contributed by atoms with Gasteiger partial charge in [-0.2, -0.15) is 0 Å². The van der Waals surface area contributed by atoms with Crippen LogP contribution in [0.25, 0.3) is 0 Å². The van der Waals surface area contributed by atoms with Crippen LogP contribution in [0.4, 0.5) is 0 Å². The molecular weight excluding hydrogens is 242 g/mol. The number of hydrogen-bond donors (Lipinski definition) is 1. The van der Waals surface area contributed by atoms with Gasteiger partial charge in [-0.05, 0) is 25.9 Å². The van der Waals surface area contributed by atoms with Crippen LogP contribution in [0.15, 0.2) is 0 Å². The van der Waals surface area contributed by atoms with Gasteiger partial charge in [-0.3, -0.25) is 24.4 Å². The lowest BCUT2D eigenvalue weighted by atomic mass is 9.85. The molecular formula is C13H23N5O. The summed E-state index contributed by atoms with van der Waals surface area (Å²) < 4.78 is 0. The normalized spacial score (nSPS) is 46.6. The average Bonchev–Trinajstić information content (AvgIpc) is 2.37. The summed E-state index contributed by atoms with van der Waals surface area (Å²) in [6.07, 6.45) is 1.88. The number of rotatable bonds is 2. The van der Waals surface area contributed by atoms with Crippen LogP contribution in [0, 0.1) is 5.92 Å². The third-order valence-corrected chi connectivity index (χ3v) is 5.32. The van der Waals surface area contributed by atoms with E-state index in [0.29, 0.717) is 5.54 Å². The Morgan fingerprint density at radius 1 is 0.947 bits per heavy atom. The molecule has 19 heavy (non-hydrogen) atoms. The molecule has 0 aromatic heterocycles. The molecule has 2 N–H and O–H groups in total. The third-order valence-electron chi connectivity index (χ3n) is 5.32. The van der Waals surface area contributed by atoms with Crippen molar-refractivity contribution in [3.05, 3.63) is 0 Å². The Kier molecular flexibility index (Phi) is 2.64. The zero-order valence-corrected chi connectivity index (χ0v) is 11.4. The van der Waals surface area contributed by atoms with Gasteiger partial charge >= 0.3 is 0 Å². The highest BCUT2D eigenvalue weighted by Gasteiger charge is 2.52. The number of piperidine rings is 1. The van der Waals surface area contributed by atoms with E-state index in [9.17, 15) is 4.79 Å². The smallest absolute Gasteiger partial charge is 0.220 e. The van der Waals surface area contributed by atoms with E-state index in [1.54, 1.807) is 0 Å². The van der Waals surface area contributed by atoms with Crippen LogP contribution in [0.3, 0.4) is 0 Å². The van der Waals surface area contributed by atoms with Crippen molar-refractivity contribution in [2.75, 3.05) is 52.7 Å². The molecule has 5 aliphatic rings. The largest absolute Gasteiger partial charge is 0.369 e. The summed E-state index contributed by atoms with van der Waals surface area (Å²) in [5.74, 6) is -0.00695. The predicted molar refractivity (Wildman–Crippen MR) is 70.9 cm³/mol. The first-order chi connectivity index (χ1) is 9.14. The van der Waals surface area contributed by atoms with Crippen LogP contribution in [0.5, 0.6) is 0 Å². The molecule has 5 heterocycles. The van der Waals surface area contributed by atoms with E-state index in [1.165, 1.54) is 19.6 Å². The summed E-state index contributed by atoms with van der Waals surface area (Å²) in [5, 5.41) is 0. The molecule has 5 saturated heterocycles. The van der Waals surface area contributed by atoms with Crippen molar-refractivity contribution in [2.45, 2.75) is 18.4 Å². The first-order valence-corrected chi connectivity index (χ1v) is 7.36. The van der Waals surface area contributed by atoms with Crippen molar-refractivity contribution >= 4 is 5.91 Å². The standard InChI is InChI=1S/C13H23N5O/c14-12(19)11-1-3-18(4-2-11)13-5-15-8-16(6-13)10-17(7-13)9-15/h11H,1-10H2,(H2,14,19). The van der Waals surface area contributed by atoms with Crippen molar-refractivity contribution in [1.29, 1.82) is 0 Å². The molecule has 0 aromatic rings. The fourth-order valence-corrected chi connectivity index (χ4v) is 4.62. The van der Waals surface area contributed by atoms with E-state index in [-0.39, 0.29) is 11.8 Å². The fraction of sp³-hybridized carbons (Fsp3) is 0.923. The summed E-state index contributed by atoms with van der Waals surface area (Å²) in [4.78, 5) is 21.6. The minimum absolute atomic E-state index is 0.103. The van der Waals surface area contributed by atoms with Gasteiger partial charge in [-0.15, -0.1) is 0 Å². The number of nitrogens with two attached hydrogens (primary N) is 1. The molecule has 5 aliphatic heterocycles. The van der Waals surface area contributed by atoms with Gasteiger partial charge in [0, 0.05) is 25.6 Å². The molecule has 6 heteroatoms. The number of primary amides is 1. The second kappa shape index (κ2) is 4.15. The van der Waals surface area contributed by atoms with E-state index in [0.717, 1.165) is 45.9 Å². The fourth-order valence-electron chi connectivity index (χ4n) is 4.62. The molecule has 0 aromatic carbocycles. The quantitative estimate of drug-likeness (QED) is 0.675. The van der Waals surface area contributed by atoms with Crippen molar-refractivity contribution in [2.24, 2.45) is 11.7 Å². The monoisotopic (exact) mass is 265 g/mol. The number of amides is 1. The summed E-state index contributed by atoms with van der Waals surface area (Å²) in [6.45, 7) is 9.05. The number of carbonyl (C=O) groups is 1. The van der Waals surface area contributed by atoms with Crippen LogP contribution in [-0.2, 0) is 4.79 Å². The van der Waals surface area contributed by atoms with E-state index in [2.05, 4.69) is 19.6 Å². The highest BCUT2D eigenvalue weighted by molar-refractivity contribution is 5.76. The average molecular weight is 265 g/mol. The van der Waals surface area contributed by atoms with Gasteiger partial charge in [0.15, 0.2) is 0 Å². The van der Waals surface area contributed by atoms with Gasteiger partial charge in [0.25, 0.3) is 0 Å². The van der Waals surface area contributed by atoms with Crippen LogP contribution in [0.1, 0.15) is 12.8 Å². The molecule has 0 spiro atoms. The zero-order chi connectivity index (χ0) is 13.0. The minimum atomic E-state index is -0.110. The van der Waals surface area contributed by atoms with Crippen molar-refractivity contribution in [3.63, 3.8) is 0 Å². The second-order valence-corrected chi connectivity index (χ2v) is 6.80. The number of hydrogen-bond acceptors (Lipinski definition) is 5. The maximum atomic E-state index is 11.3. The van der Waals surface area contributed by atoms with E-state index in [1.807, 2.05) is 0 Å². The van der Waals surface area contributed by atoms with Crippen LogP contribution >= 0.6 is 0 Å². The van der Waals surface area contributed by atoms with E-state index >= 15 is 0 Å². The molecule has 1 amide bonds. The number of carbonyl (C=O) groups excluding carboxylic acids is 1. The molecule has 0 saturated carbocycles. The maximum Gasteiger partial charge on any atom is 0.220 e. The molecule has 6 nitrogen and oxygen atoms in total. The van der Waals surface area contributed by atoms with E-state index in [4.69, 9.17) is 5.73 Å². The Balaban J connectivity index is 1.49. The van der Waals surface area contributed by atoms with Crippen LogP contribution < -0.4 is 5.73 Å². The number of likely N-dealkylation sites (tertiary alicyclic amines) is 1. The van der Waals surface area contributed by atoms with Crippen LogP contribution in [-0.4, -0.2) is 83.8 Å². The van der Waals surface area contributed by atoms with Gasteiger partial charge in [0.05, 0.1) is 25.5 Å². The highest BCUT2D eigenvalue weighted by Crippen LogP contribution is 2.35. The highest BCUT2D eigenvalue weighted by atomic mass is 16.1. The molecule has 5 fully saturated rings. The predicted octanol–water partition coefficient (Wildman–Crippen LogP) is -1.26. The third kappa shape index (κ3) is 1.89. The first kappa shape index (κ1) is 12.1. The van der Waals surface area contributed by atoms with Crippen molar-refractivity contribution in [3.8, 4) is 0 Å². The number of nitrogens with zero attached hydrogens (tertiary/aromatic N) is 4. The second-order valence-electron chi connectivity index (χ2n) is 6.80. The summed E-state index contributed by atoms with van der Waals surface area (Å²) in [5.41, 5.74) is 5.74. The zero-order valence-electron chi connectivity index (χ0n) is 11.4. The lowest BCUT2D eigenvalue weighted by Gasteiger charge is -2.64. The molecule has 0 atom stereocenters. The lowest BCUT2D eigenvalue weighted by molar-refractivity contribution is -0.187. The summed E-state index contributed by atoms with van der Waals surface area (Å²) in [7, 11) is 0. The Bertz CT molecular complexity index is 355. The molecule has 4 bridgehead atoms. The van der Waals surface area contributed by atoms with Gasteiger partial charge in [0.1, 0.15) is 0 Å². The molecule has 0 radical (unpaired) electrons. The lowest BCUT2D eigenvalue weighted by Crippen LogP contribution is -2.80. The summed E-state index contributed by atoms with van der Waals surface area (Å²) in [6, 6.07) is 0. The Labute approximate surface area is 114 Å². The molecule has 0 unspecified atom stereocenters. The van der Waals surface area contributed by atoms with Crippen molar-refractivity contribution < 1.29 is 4.79 Å². The topological polar surface area (TPSA) is 56.1 Å². The SMILES string of the molecule is NC(=O)C1CCN(C23CN4CN(CN(C4)C2)C3)CC1.